The maximum atomic E-state index is 14.5. The number of nitrogens with zero attached hydrogens (tertiary/aromatic N) is 1. The lowest BCUT2D eigenvalue weighted by molar-refractivity contribution is -0.128. The number of anilines is 1. The molecule has 4 aromatic rings. The average molecular weight is 666 g/mol. The number of carbonyl (C=O) groups excluding carboxylic acids is 4. The van der Waals surface area contributed by atoms with Crippen LogP contribution in [-0.4, -0.2) is 59.1 Å². The lowest BCUT2D eigenvalue weighted by atomic mass is 9.71. The normalized spacial score (nSPS) is 18.2. The Morgan fingerprint density at radius 2 is 1.55 bits per heavy atom. The number of pyridine rings is 1. The second-order valence-electron chi connectivity index (χ2n) is 12.9. The molecule has 1 saturated carbocycles. The fraction of sp³-hybridized carbons (Fsp3) is 0.395. The van der Waals surface area contributed by atoms with Gasteiger partial charge < -0.3 is 30.4 Å². The first-order valence-electron chi connectivity index (χ1n) is 17.1. The van der Waals surface area contributed by atoms with E-state index in [1.807, 2.05) is 42.5 Å². The molecule has 2 aromatic heterocycles. The molecule has 6 rings (SSSR count). The highest BCUT2D eigenvalue weighted by Gasteiger charge is 2.45. The van der Waals surface area contributed by atoms with Crippen molar-refractivity contribution in [2.24, 2.45) is 0 Å². The van der Waals surface area contributed by atoms with Gasteiger partial charge in [-0.15, -0.1) is 0 Å². The Hall–Kier alpha value is -5.19. The van der Waals surface area contributed by atoms with Crippen LogP contribution in [0.25, 0.3) is 10.9 Å². The number of fused-ring (bicyclic) bond motifs is 3. The molecule has 0 spiro atoms. The van der Waals surface area contributed by atoms with E-state index in [9.17, 15) is 19.2 Å². The lowest BCUT2D eigenvalue weighted by Gasteiger charge is -2.40. The number of urea groups is 1. The highest BCUT2D eigenvalue weighted by Crippen LogP contribution is 2.39. The highest BCUT2D eigenvalue weighted by atomic mass is 16.5. The molecule has 49 heavy (non-hydrogen) atoms. The van der Waals surface area contributed by atoms with Gasteiger partial charge in [-0.3, -0.25) is 9.78 Å². The van der Waals surface area contributed by atoms with E-state index in [1.54, 1.807) is 20.0 Å². The van der Waals surface area contributed by atoms with Gasteiger partial charge in [-0.2, -0.15) is 0 Å². The largest absolute Gasteiger partial charge is 0.462 e. The van der Waals surface area contributed by atoms with Crippen molar-refractivity contribution < 1.29 is 28.7 Å². The van der Waals surface area contributed by atoms with E-state index >= 15 is 0 Å². The number of rotatable bonds is 10. The Morgan fingerprint density at radius 1 is 0.857 bits per heavy atom. The zero-order valence-corrected chi connectivity index (χ0v) is 28.0. The minimum Gasteiger partial charge on any atom is -0.462 e. The summed E-state index contributed by atoms with van der Waals surface area (Å²) in [6.45, 7) is 4.04. The van der Waals surface area contributed by atoms with Gasteiger partial charge in [0.2, 0.25) is 5.91 Å². The van der Waals surface area contributed by atoms with Crippen LogP contribution in [0.15, 0.2) is 66.9 Å². The van der Waals surface area contributed by atoms with Crippen molar-refractivity contribution in [2.45, 2.75) is 76.2 Å². The standard InChI is InChI=1S/C38H43N5O6/c1-3-48-33(44)25-20-26(34(45)49-4-2)22-27(21-25)41-36(47)43-38(18-15-31-29(23-38)28-12-6-7-13-30(28)42-31)35(46)40-24-37(16-9-5-10-17-37)32-14-8-11-19-39-32/h6-8,11-14,19-22,42H,3-5,9-10,15-18,23-24H2,1-2H3,(H,40,46)(H2,41,43,47). The molecule has 0 bridgehead atoms. The smallest absolute Gasteiger partial charge is 0.338 e. The summed E-state index contributed by atoms with van der Waals surface area (Å²) in [6.07, 6.45) is 8.06. The van der Waals surface area contributed by atoms with Crippen LogP contribution >= 0.6 is 0 Å². The monoisotopic (exact) mass is 665 g/mol. The van der Waals surface area contributed by atoms with Crippen LogP contribution in [0, 0.1) is 0 Å². The Balaban J connectivity index is 1.30. The second-order valence-corrected chi connectivity index (χ2v) is 12.9. The van der Waals surface area contributed by atoms with E-state index in [2.05, 4.69) is 20.9 Å². The predicted octanol–water partition coefficient (Wildman–Crippen LogP) is 5.98. The molecule has 11 heteroatoms. The number of ether oxygens (including phenoxy) is 2. The summed E-state index contributed by atoms with van der Waals surface area (Å²) >= 11 is 0. The SMILES string of the molecule is CCOC(=O)c1cc(NC(=O)NC2(C(=O)NCC3(c4ccccn4)CCCCC3)CCc3[nH]c4ccccc4c3C2)cc(C(=O)OCC)c1. The number of hydrogen-bond donors (Lipinski definition) is 4. The van der Waals surface area contributed by atoms with Crippen LogP contribution < -0.4 is 16.0 Å². The number of benzene rings is 2. The lowest BCUT2D eigenvalue weighted by Crippen LogP contribution is -2.63. The number of aromatic nitrogens is 2. The molecule has 4 N–H and O–H groups in total. The number of esters is 2. The Labute approximate surface area is 285 Å². The number of aryl methyl sites for hydroxylation is 1. The van der Waals surface area contributed by atoms with Crippen LogP contribution in [0.5, 0.6) is 0 Å². The van der Waals surface area contributed by atoms with E-state index in [4.69, 9.17) is 14.5 Å². The predicted molar refractivity (Wildman–Crippen MR) is 186 cm³/mol. The maximum Gasteiger partial charge on any atom is 0.338 e. The fourth-order valence-corrected chi connectivity index (χ4v) is 7.35. The molecule has 2 heterocycles. The molecule has 1 fully saturated rings. The van der Waals surface area contributed by atoms with Crippen LogP contribution in [0.2, 0.25) is 0 Å². The average Bonchev–Trinajstić information content (AvgIpc) is 3.49. The summed E-state index contributed by atoms with van der Waals surface area (Å²) in [5.41, 5.74) is 2.76. The van der Waals surface area contributed by atoms with Gasteiger partial charge in [0, 0.05) is 52.6 Å². The molecule has 11 nitrogen and oxygen atoms in total. The van der Waals surface area contributed by atoms with Gasteiger partial charge >= 0.3 is 18.0 Å². The third kappa shape index (κ3) is 7.16. The molecule has 0 aliphatic heterocycles. The summed E-state index contributed by atoms with van der Waals surface area (Å²) < 4.78 is 10.3. The molecule has 3 amide bonds. The van der Waals surface area contributed by atoms with Gasteiger partial charge in [-0.25, -0.2) is 14.4 Å². The minimum absolute atomic E-state index is 0.0866. The van der Waals surface area contributed by atoms with Crippen molar-refractivity contribution in [2.75, 3.05) is 25.1 Å². The first kappa shape index (κ1) is 33.7. The number of hydrogen-bond acceptors (Lipinski definition) is 7. The number of carbonyl (C=O) groups is 4. The molecular weight excluding hydrogens is 622 g/mol. The zero-order valence-electron chi connectivity index (χ0n) is 28.0. The Morgan fingerprint density at radius 3 is 2.22 bits per heavy atom. The minimum atomic E-state index is -1.29. The van der Waals surface area contributed by atoms with E-state index in [-0.39, 0.29) is 47.8 Å². The van der Waals surface area contributed by atoms with Gasteiger partial charge in [0.25, 0.3) is 0 Å². The maximum absolute atomic E-state index is 14.5. The molecule has 1 unspecified atom stereocenters. The van der Waals surface area contributed by atoms with Crippen molar-refractivity contribution in [3.63, 3.8) is 0 Å². The van der Waals surface area contributed by atoms with Gasteiger partial charge in [-0.05, 0) is 81.5 Å². The first-order chi connectivity index (χ1) is 23.8. The third-order valence-electron chi connectivity index (χ3n) is 9.79. The summed E-state index contributed by atoms with van der Waals surface area (Å²) in [5, 5.41) is 10.1. The van der Waals surface area contributed by atoms with Gasteiger partial charge in [-0.1, -0.05) is 43.5 Å². The Kier molecular flexibility index (Phi) is 9.98. The Bertz CT molecular complexity index is 1810. The van der Waals surface area contributed by atoms with Crippen molar-refractivity contribution in [3.05, 3.63) is 94.9 Å². The van der Waals surface area contributed by atoms with Gasteiger partial charge in [0.1, 0.15) is 5.54 Å². The molecule has 2 aliphatic rings. The third-order valence-corrected chi connectivity index (χ3v) is 9.79. The van der Waals surface area contributed by atoms with Crippen LogP contribution in [0.4, 0.5) is 10.5 Å². The van der Waals surface area contributed by atoms with Crippen LogP contribution in [-0.2, 0) is 32.5 Å². The van der Waals surface area contributed by atoms with E-state index in [0.717, 1.165) is 60.0 Å². The topological polar surface area (TPSA) is 152 Å². The number of nitrogens with one attached hydrogen (secondary N) is 4. The zero-order chi connectivity index (χ0) is 34.4. The number of amides is 3. The molecule has 2 aliphatic carbocycles. The van der Waals surface area contributed by atoms with Gasteiger partial charge in [0.05, 0.1) is 24.3 Å². The van der Waals surface area contributed by atoms with E-state index in [1.165, 1.54) is 18.2 Å². The van der Waals surface area contributed by atoms with Crippen LogP contribution in [0.1, 0.15) is 90.0 Å². The van der Waals surface area contributed by atoms with Crippen molar-refractivity contribution in [1.29, 1.82) is 0 Å². The molecule has 1 atom stereocenters. The van der Waals surface area contributed by atoms with Crippen molar-refractivity contribution >= 4 is 40.5 Å². The molecule has 0 radical (unpaired) electrons. The quantitative estimate of drug-likeness (QED) is 0.152. The van der Waals surface area contributed by atoms with Gasteiger partial charge in [0.15, 0.2) is 0 Å². The second kappa shape index (κ2) is 14.5. The van der Waals surface area contributed by atoms with Crippen molar-refractivity contribution in [3.8, 4) is 0 Å². The van der Waals surface area contributed by atoms with E-state index in [0.29, 0.717) is 19.4 Å². The molecule has 256 valence electrons. The van der Waals surface area contributed by atoms with E-state index < -0.39 is 23.5 Å². The highest BCUT2D eigenvalue weighted by molar-refractivity contribution is 6.01. The van der Waals surface area contributed by atoms with Crippen molar-refractivity contribution in [1.82, 2.24) is 20.6 Å². The number of para-hydroxylation sites is 1. The molecule has 0 saturated heterocycles. The first-order valence-corrected chi connectivity index (χ1v) is 17.1. The molecular formula is C38H43N5O6. The molecule has 2 aromatic carbocycles. The number of H-pyrrole nitrogens is 1. The fourth-order valence-electron chi connectivity index (χ4n) is 7.35. The summed E-state index contributed by atoms with van der Waals surface area (Å²) in [5.74, 6) is -1.56. The summed E-state index contributed by atoms with van der Waals surface area (Å²) in [4.78, 5) is 61.8. The van der Waals surface area contributed by atoms with Crippen LogP contribution in [0.3, 0.4) is 0 Å². The summed E-state index contributed by atoms with van der Waals surface area (Å²) in [7, 11) is 0. The summed E-state index contributed by atoms with van der Waals surface area (Å²) in [6, 6.07) is 17.5. The number of aromatic amines is 1.